The van der Waals surface area contributed by atoms with Crippen LogP contribution in [-0.4, -0.2) is 6.54 Å². The standard InChI is InChI=1S/C12H16ClN/c1-3-7-14-9-11-5-6-12(13)8-10(11)4-2/h4-6,8,14H,2-3,7,9H2,1H3. The van der Waals surface area contributed by atoms with E-state index in [1.165, 1.54) is 5.56 Å². The molecule has 0 bridgehead atoms. The van der Waals surface area contributed by atoms with Gasteiger partial charge in [0.05, 0.1) is 0 Å². The summed E-state index contributed by atoms with van der Waals surface area (Å²) in [6.45, 7) is 7.85. The zero-order chi connectivity index (χ0) is 10.4. The fourth-order valence-electron chi connectivity index (χ4n) is 1.32. The van der Waals surface area contributed by atoms with Crippen LogP contribution in [0.5, 0.6) is 0 Å². The Hall–Kier alpha value is -0.790. The van der Waals surface area contributed by atoms with Crippen molar-refractivity contribution in [1.29, 1.82) is 0 Å². The van der Waals surface area contributed by atoms with Crippen LogP contribution in [0.3, 0.4) is 0 Å². The zero-order valence-corrected chi connectivity index (χ0v) is 9.27. The Morgan fingerprint density at radius 3 is 2.93 bits per heavy atom. The predicted octanol–water partition coefficient (Wildman–Crippen LogP) is 3.48. The van der Waals surface area contributed by atoms with Crippen LogP contribution in [0.25, 0.3) is 6.08 Å². The molecule has 1 nitrogen and oxygen atoms in total. The molecule has 0 aliphatic rings. The highest BCUT2D eigenvalue weighted by Gasteiger charge is 1.99. The SMILES string of the molecule is C=Cc1cc(Cl)ccc1CNCCC. The summed E-state index contributed by atoms with van der Waals surface area (Å²) in [6.07, 6.45) is 2.99. The van der Waals surface area contributed by atoms with Crippen molar-refractivity contribution in [2.24, 2.45) is 0 Å². The third kappa shape index (κ3) is 3.17. The van der Waals surface area contributed by atoms with Gasteiger partial charge in [-0.15, -0.1) is 0 Å². The van der Waals surface area contributed by atoms with Crippen molar-refractivity contribution in [1.82, 2.24) is 5.32 Å². The molecule has 0 saturated heterocycles. The van der Waals surface area contributed by atoms with E-state index in [1.807, 2.05) is 24.3 Å². The Kier molecular flexibility index (Phi) is 4.71. The van der Waals surface area contributed by atoms with E-state index in [2.05, 4.69) is 18.8 Å². The van der Waals surface area contributed by atoms with Crippen LogP contribution in [0.4, 0.5) is 0 Å². The molecule has 1 rings (SSSR count). The average Bonchev–Trinajstić information content (AvgIpc) is 2.20. The lowest BCUT2D eigenvalue weighted by atomic mass is 10.1. The molecule has 0 atom stereocenters. The van der Waals surface area contributed by atoms with E-state index in [9.17, 15) is 0 Å². The van der Waals surface area contributed by atoms with Crippen LogP contribution >= 0.6 is 11.6 Å². The van der Waals surface area contributed by atoms with Gasteiger partial charge in [0.15, 0.2) is 0 Å². The normalized spacial score (nSPS) is 10.1. The van der Waals surface area contributed by atoms with Gasteiger partial charge in [0.25, 0.3) is 0 Å². The fourth-order valence-corrected chi connectivity index (χ4v) is 1.50. The van der Waals surface area contributed by atoms with E-state index < -0.39 is 0 Å². The molecule has 0 radical (unpaired) electrons. The van der Waals surface area contributed by atoms with Gasteiger partial charge < -0.3 is 5.32 Å². The first-order chi connectivity index (χ1) is 6.77. The van der Waals surface area contributed by atoms with E-state index >= 15 is 0 Å². The Bertz CT molecular complexity index is 307. The van der Waals surface area contributed by atoms with Crippen LogP contribution in [-0.2, 0) is 6.54 Å². The van der Waals surface area contributed by atoms with Crippen LogP contribution < -0.4 is 5.32 Å². The van der Waals surface area contributed by atoms with Crippen molar-refractivity contribution in [3.63, 3.8) is 0 Å². The Labute approximate surface area is 90.8 Å². The third-order valence-corrected chi connectivity index (χ3v) is 2.31. The van der Waals surface area contributed by atoms with Crippen molar-refractivity contribution in [2.45, 2.75) is 19.9 Å². The van der Waals surface area contributed by atoms with Gasteiger partial charge in [0.2, 0.25) is 0 Å². The monoisotopic (exact) mass is 209 g/mol. The lowest BCUT2D eigenvalue weighted by molar-refractivity contribution is 0.675. The van der Waals surface area contributed by atoms with Gasteiger partial charge in [0, 0.05) is 11.6 Å². The summed E-state index contributed by atoms with van der Waals surface area (Å²) in [5.41, 5.74) is 2.36. The molecule has 1 N–H and O–H groups in total. The average molecular weight is 210 g/mol. The second-order valence-corrected chi connectivity index (χ2v) is 3.66. The van der Waals surface area contributed by atoms with E-state index in [0.717, 1.165) is 30.1 Å². The van der Waals surface area contributed by atoms with Crippen molar-refractivity contribution < 1.29 is 0 Å². The number of halogens is 1. The largest absolute Gasteiger partial charge is 0.313 e. The maximum absolute atomic E-state index is 5.89. The number of benzene rings is 1. The van der Waals surface area contributed by atoms with Gasteiger partial charge in [-0.05, 0) is 36.2 Å². The molecule has 0 aliphatic heterocycles. The first-order valence-electron chi connectivity index (χ1n) is 4.89. The summed E-state index contributed by atoms with van der Waals surface area (Å²) in [4.78, 5) is 0. The fraction of sp³-hybridized carbons (Fsp3) is 0.333. The maximum Gasteiger partial charge on any atom is 0.0412 e. The van der Waals surface area contributed by atoms with Crippen molar-refractivity contribution >= 4 is 17.7 Å². The summed E-state index contributed by atoms with van der Waals surface area (Å²) >= 11 is 5.89. The summed E-state index contributed by atoms with van der Waals surface area (Å²) in [5.74, 6) is 0. The highest BCUT2D eigenvalue weighted by molar-refractivity contribution is 6.30. The molecular weight excluding hydrogens is 194 g/mol. The van der Waals surface area contributed by atoms with Crippen molar-refractivity contribution in [3.05, 3.63) is 40.9 Å². The minimum atomic E-state index is 0.763. The van der Waals surface area contributed by atoms with E-state index in [4.69, 9.17) is 11.6 Å². The van der Waals surface area contributed by atoms with Crippen LogP contribution in [0.2, 0.25) is 5.02 Å². The number of nitrogens with one attached hydrogen (secondary N) is 1. The van der Waals surface area contributed by atoms with E-state index in [-0.39, 0.29) is 0 Å². The van der Waals surface area contributed by atoms with Crippen LogP contribution in [0.1, 0.15) is 24.5 Å². The molecule has 1 aromatic rings. The Morgan fingerprint density at radius 1 is 1.50 bits per heavy atom. The summed E-state index contributed by atoms with van der Waals surface area (Å²) in [7, 11) is 0. The van der Waals surface area contributed by atoms with Crippen LogP contribution in [0.15, 0.2) is 24.8 Å². The van der Waals surface area contributed by atoms with E-state index in [1.54, 1.807) is 0 Å². The minimum Gasteiger partial charge on any atom is -0.313 e. The molecule has 0 amide bonds. The Morgan fingerprint density at radius 2 is 2.29 bits per heavy atom. The lowest BCUT2D eigenvalue weighted by Gasteiger charge is -2.07. The third-order valence-electron chi connectivity index (χ3n) is 2.07. The molecule has 0 aromatic heterocycles. The molecule has 2 heteroatoms. The second kappa shape index (κ2) is 5.84. The molecule has 76 valence electrons. The number of hydrogen-bond donors (Lipinski definition) is 1. The molecule has 1 aromatic carbocycles. The molecule has 0 saturated carbocycles. The molecule has 0 heterocycles. The molecule has 14 heavy (non-hydrogen) atoms. The van der Waals surface area contributed by atoms with Gasteiger partial charge >= 0.3 is 0 Å². The number of rotatable bonds is 5. The predicted molar refractivity (Wildman–Crippen MR) is 63.5 cm³/mol. The topological polar surface area (TPSA) is 12.0 Å². The van der Waals surface area contributed by atoms with Gasteiger partial charge in [0.1, 0.15) is 0 Å². The molecule has 0 fully saturated rings. The quantitative estimate of drug-likeness (QED) is 0.733. The lowest BCUT2D eigenvalue weighted by Crippen LogP contribution is -2.14. The second-order valence-electron chi connectivity index (χ2n) is 3.22. The smallest absolute Gasteiger partial charge is 0.0412 e. The highest BCUT2D eigenvalue weighted by atomic mass is 35.5. The van der Waals surface area contributed by atoms with Gasteiger partial charge in [-0.2, -0.15) is 0 Å². The highest BCUT2D eigenvalue weighted by Crippen LogP contribution is 2.16. The first-order valence-corrected chi connectivity index (χ1v) is 5.27. The maximum atomic E-state index is 5.89. The number of hydrogen-bond acceptors (Lipinski definition) is 1. The van der Waals surface area contributed by atoms with Crippen molar-refractivity contribution in [3.8, 4) is 0 Å². The summed E-state index contributed by atoms with van der Waals surface area (Å²) in [5, 5.41) is 4.12. The van der Waals surface area contributed by atoms with Gasteiger partial charge in [-0.3, -0.25) is 0 Å². The molecule has 0 unspecified atom stereocenters. The van der Waals surface area contributed by atoms with Crippen LogP contribution in [0, 0.1) is 0 Å². The first kappa shape index (κ1) is 11.3. The molecule has 0 aliphatic carbocycles. The van der Waals surface area contributed by atoms with Crippen molar-refractivity contribution in [2.75, 3.05) is 6.54 Å². The Balaban J connectivity index is 2.70. The summed E-state index contributed by atoms with van der Waals surface area (Å²) in [6, 6.07) is 5.90. The van der Waals surface area contributed by atoms with Gasteiger partial charge in [-0.25, -0.2) is 0 Å². The summed E-state index contributed by atoms with van der Waals surface area (Å²) < 4.78 is 0. The van der Waals surface area contributed by atoms with Gasteiger partial charge in [-0.1, -0.05) is 37.2 Å². The minimum absolute atomic E-state index is 0.763. The molecule has 0 spiro atoms. The molecular formula is C12H16ClN. The van der Waals surface area contributed by atoms with E-state index in [0.29, 0.717) is 0 Å². The zero-order valence-electron chi connectivity index (χ0n) is 8.52.